The van der Waals surface area contributed by atoms with E-state index in [1.165, 1.54) is 7.11 Å². The van der Waals surface area contributed by atoms with Crippen LogP contribution in [-0.2, 0) is 9.47 Å². The summed E-state index contributed by atoms with van der Waals surface area (Å²) >= 11 is 0. The lowest BCUT2D eigenvalue weighted by Gasteiger charge is -2.43. The Morgan fingerprint density at radius 1 is 1.14 bits per heavy atom. The fourth-order valence-corrected chi connectivity index (χ4v) is 2.94. The number of hydrogen-bond acceptors (Lipinski definition) is 9. The SMILES string of the molecule is CO[C@H]1O[C@H](C[C@]2(CO)NC[C@@H](O)[C@H]2O)[C@@H](O)[C@H](O)[C@H]1O. The molecule has 2 rings (SSSR count). The van der Waals surface area contributed by atoms with Crippen LogP contribution >= 0.6 is 0 Å². The zero-order valence-electron chi connectivity index (χ0n) is 11.7. The number of nitrogens with one attached hydrogen (secondary N) is 1. The fourth-order valence-electron chi connectivity index (χ4n) is 2.94. The first-order chi connectivity index (χ1) is 9.86. The first-order valence-corrected chi connectivity index (χ1v) is 6.81. The highest BCUT2D eigenvalue weighted by Crippen LogP contribution is 2.31. The molecule has 0 aromatic heterocycles. The highest BCUT2D eigenvalue weighted by atomic mass is 16.7. The highest BCUT2D eigenvalue weighted by molar-refractivity contribution is 5.07. The average molecular weight is 309 g/mol. The number of methoxy groups -OCH3 is 1. The van der Waals surface area contributed by atoms with Gasteiger partial charge < -0.3 is 45.4 Å². The van der Waals surface area contributed by atoms with Gasteiger partial charge in [0.2, 0.25) is 0 Å². The number of hydrogen-bond donors (Lipinski definition) is 7. The van der Waals surface area contributed by atoms with Crippen molar-refractivity contribution in [3.8, 4) is 0 Å². The summed E-state index contributed by atoms with van der Waals surface area (Å²) in [6.45, 7) is -0.405. The molecular formula is C12H23NO8. The van der Waals surface area contributed by atoms with Gasteiger partial charge in [0.25, 0.3) is 0 Å². The smallest absolute Gasteiger partial charge is 0.186 e. The third-order valence-corrected chi connectivity index (χ3v) is 4.34. The van der Waals surface area contributed by atoms with Crippen molar-refractivity contribution >= 4 is 0 Å². The number of aliphatic hydroxyl groups is 6. The van der Waals surface area contributed by atoms with E-state index in [9.17, 15) is 30.6 Å². The maximum absolute atomic E-state index is 10.0. The summed E-state index contributed by atoms with van der Waals surface area (Å²) in [4.78, 5) is 0. The molecule has 2 saturated heterocycles. The molecule has 0 spiro atoms. The van der Waals surface area contributed by atoms with E-state index in [4.69, 9.17) is 9.47 Å². The van der Waals surface area contributed by atoms with Crippen LogP contribution in [0.5, 0.6) is 0 Å². The van der Waals surface area contributed by atoms with E-state index in [-0.39, 0.29) is 13.0 Å². The van der Waals surface area contributed by atoms with Crippen molar-refractivity contribution in [1.82, 2.24) is 5.32 Å². The molecule has 2 fully saturated rings. The molecule has 0 bridgehead atoms. The molecule has 0 aliphatic carbocycles. The number of β-amino-alcohol motifs (C(OH)–C–C–N with tert-alkyl or cyclic N) is 1. The molecule has 21 heavy (non-hydrogen) atoms. The lowest BCUT2D eigenvalue weighted by Crippen LogP contribution is -2.62. The Hall–Kier alpha value is -0.360. The second-order valence-corrected chi connectivity index (χ2v) is 5.66. The van der Waals surface area contributed by atoms with Crippen LogP contribution in [0.4, 0.5) is 0 Å². The van der Waals surface area contributed by atoms with Crippen molar-refractivity contribution in [3.63, 3.8) is 0 Å². The minimum atomic E-state index is -1.48. The van der Waals surface area contributed by atoms with E-state index in [1.54, 1.807) is 0 Å². The van der Waals surface area contributed by atoms with E-state index < -0.39 is 55.1 Å². The zero-order valence-corrected chi connectivity index (χ0v) is 11.7. The van der Waals surface area contributed by atoms with Crippen LogP contribution in [0.2, 0.25) is 0 Å². The molecule has 2 heterocycles. The van der Waals surface area contributed by atoms with E-state index >= 15 is 0 Å². The molecule has 0 unspecified atom stereocenters. The molecule has 2 aliphatic rings. The Balaban J connectivity index is 2.13. The Morgan fingerprint density at radius 2 is 1.81 bits per heavy atom. The first kappa shape index (κ1) is 17.0. The second kappa shape index (κ2) is 6.41. The van der Waals surface area contributed by atoms with Gasteiger partial charge in [0.15, 0.2) is 6.29 Å². The largest absolute Gasteiger partial charge is 0.394 e. The van der Waals surface area contributed by atoms with Crippen LogP contribution < -0.4 is 5.32 Å². The molecule has 9 nitrogen and oxygen atoms in total. The maximum atomic E-state index is 10.0. The highest BCUT2D eigenvalue weighted by Gasteiger charge is 2.52. The van der Waals surface area contributed by atoms with Crippen LogP contribution in [0.15, 0.2) is 0 Å². The quantitative estimate of drug-likeness (QED) is 0.275. The third kappa shape index (κ3) is 2.93. The van der Waals surface area contributed by atoms with Crippen LogP contribution in [0.3, 0.4) is 0 Å². The Labute approximate surface area is 121 Å². The van der Waals surface area contributed by atoms with Crippen molar-refractivity contribution in [3.05, 3.63) is 0 Å². The molecule has 2 aliphatic heterocycles. The summed E-state index contributed by atoms with van der Waals surface area (Å²) in [7, 11) is 1.28. The van der Waals surface area contributed by atoms with Gasteiger partial charge in [-0.1, -0.05) is 0 Å². The molecule has 0 aromatic rings. The van der Waals surface area contributed by atoms with Gasteiger partial charge in [-0.3, -0.25) is 0 Å². The summed E-state index contributed by atoms with van der Waals surface area (Å²) in [5, 5.41) is 61.5. The Morgan fingerprint density at radius 3 is 2.29 bits per heavy atom. The van der Waals surface area contributed by atoms with E-state index in [0.29, 0.717) is 0 Å². The minimum Gasteiger partial charge on any atom is -0.394 e. The number of rotatable bonds is 4. The summed E-state index contributed by atoms with van der Waals surface area (Å²) in [5.74, 6) is 0. The van der Waals surface area contributed by atoms with E-state index in [1.807, 2.05) is 0 Å². The van der Waals surface area contributed by atoms with Crippen molar-refractivity contribution < 1.29 is 40.1 Å². The van der Waals surface area contributed by atoms with Crippen molar-refractivity contribution in [2.75, 3.05) is 20.3 Å². The minimum absolute atomic E-state index is 0.0769. The molecular weight excluding hydrogens is 286 g/mol. The summed E-state index contributed by atoms with van der Waals surface area (Å²) in [5.41, 5.74) is -1.26. The molecule has 124 valence electrons. The van der Waals surface area contributed by atoms with Gasteiger partial charge in [0.05, 0.1) is 24.4 Å². The standard InChI is InChI=1S/C12H23NO8/c1-20-11-9(18)8(17)7(16)6(21-11)2-12(4-14)10(19)5(15)3-13-12/h5-11,13-19H,2-4H2,1H3/t5-,6-,7-,8+,9-,10-,11+,12-/m1/s1. The van der Waals surface area contributed by atoms with Crippen molar-refractivity contribution in [2.45, 2.75) is 54.9 Å². The normalized spacial score (nSPS) is 51.3. The van der Waals surface area contributed by atoms with Gasteiger partial charge in [0, 0.05) is 13.7 Å². The predicted molar refractivity (Wildman–Crippen MR) is 68.1 cm³/mol. The zero-order chi connectivity index (χ0) is 15.8. The molecule has 0 radical (unpaired) electrons. The van der Waals surface area contributed by atoms with Crippen molar-refractivity contribution in [2.24, 2.45) is 0 Å². The Bertz CT molecular complexity index is 356. The topological polar surface area (TPSA) is 152 Å². The molecule has 7 N–H and O–H groups in total. The molecule has 8 atom stereocenters. The predicted octanol–water partition coefficient (Wildman–Crippen LogP) is -4.11. The monoisotopic (exact) mass is 309 g/mol. The third-order valence-electron chi connectivity index (χ3n) is 4.34. The fraction of sp³-hybridized carbons (Fsp3) is 1.00. The lowest BCUT2D eigenvalue weighted by atomic mass is 9.84. The summed E-state index contributed by atoms with van der Waals surface area (Å²) in [6, 6.07) is 0. The Kier molecular flexibility index (Phi) is 5.19. The maximum Gasteiger partial charge on any atom is 0.186 e. The average Bonchev–Trinajstić information content (AvgIpc) is 2.77. The molecule has 9 heteroatoms. The van der Waals surface area contributed by atoms with Gasteiger partial charge in [-0.2, -0.15) is 0 Å². The van der Waals surface area contributed by atoms with Gasteiger partial charge in [-0.15, -0.1) is 0 Å². The van der Waals surface area contributed by atoms with Crippen LogP contribution in [0, 0.1) is 0 Å². The first-order valence-electron chi connectivity index (χ1n) is 6.81. The van der Waals surface area contributed by atoms with Crippen molar-refractivity contribution in [1.29, 1.82) is 0 Å². The molecule has 0 aromatic carbocycles. The second-order valence-electron chi connectivity index (χ2n) is 5.66. The van der Waals surface area contributed by atoms with Gasteiger partial charge >= 0.3 is 0 Å². The van der Waals surface area contributed by atoms with Gasteiger partial charge in [0.1, 0.15) is 24.4 Å². The summed E-state index contributed by atoms with van der Waals surface area (Å²) in [6.07, 6.45) is -8.80. The van der Waals surface area contributed by atoms with Gasteiger partial charge in [-0.05, 0) is 6.42 Å². The molecule has 0 amide bonds. The number of ether oxygens (including phenoxy) is 2. The summed E-state index contributed by atoms with van der Waals surface area (Å²) < 4.78 is 10.3. The van der Waals surface area contributed by atoms with E-state index in [2.05, 4.69) is 5.32 Å². The van der Waals surface area contributed by atoms with Crippen LogP contribution in [-0.4, -0.2) is 99.4 Å². The molecule has 0 saturated carbocycles. The van der Waals surface area contributed by atoms with Crippen LogP contribution in [0.1, 0.15) is 6.42 Å². The van der Waals surface area contributed by atoms with E-state index in [0.717, 1.165) is 0 Å². The number of aliphatic hydroxyl groups excluding tert-OH is 6. The lowest BCUT2D eigenvalue weighted by molar-refractivity contribution is -0.294. The van der Waals surface area contributed by atoms with Gasteiger partial charge in [-0.25, -0.2) is 0 Å². The van der Waals surface area contributed by atoms with Crippen LogP contribution in [0.25, 0.3) is 0 Å².